The molecular formula is C10H9F3N4O. The largest absolute Gasteiger partial charge is 0.433 e. The van der Waals surface area contributed by atoms with E-state index in [9.17, 15) is 13.2 Å². The first-order valence-corrected chi connectivity index (χ1v) is 4.93. The molecule has 0 aliphatic carbocycles. The van der Waals surface area contributed by atoms with Crippen molar-refractivity contribution in [1.29, 1.82) is 0 Å². The Morgan fingerprint density at radius 2 is 2.17 bits per heavy atom. The average Bonchev–Trinajstić information content (AvgIpc) is 2.79. The zero-order valence-corrected chi connectivity index (χ0v) is 9.03. The summed E-state index contributed by atoms with van der Waals surface area (Å²) in [6.07, 6.45) is -2.10. The zero-order valence-electron chi connectivity index (χ0n) is 9.03. The van der Waals surface area contributed by atoms with Crippen LogP contribution in [0, 0.1) is 0 Å². The van der Waals surface area contributed by atoms with Crippen molar-refractivity contribution in [2.24, 2.45) is 0 Å². The molecule has 2 aromatic rings. The van der Waals surface area contributed by atoms with Crippen LogP contribution in [0.2, 0.25) is 0 Å². The predicted octanol–water partition coefficient (Wildman–Crippen LogP) is 2.28. The van der Waals surface area contributed by atoms with Gasteiger partial charge in [-0.3, -0.25) is 0 Å². The van der Waals surface area contributed by atoms with Gasteiger partial charge in [-0.2, -0.15) is 13.2 Å². The Kier molecular flexibility index (Phi) is 3.09. The van der Waals surface area contributed by atoms with E-state index < -0.39 is 11.9 Å². The lowest BCUT2D eigenvalue weighted by Crippen LogP contribution is -2.10. The molecule has 3 N–H and O–H groups in total. The standard InChI is InChI=1S/C10H9F3N4O/c11-10(12,13)9-3-8(7(14)5-16-9)15-4-6-1-2-17-18-6/h1-3,5H,4,14H2,(H,15,16). The smallest absolute Gasteiger partial charge is 0.396 e. The first-order valence-electron chi connectivity index (χ1n) is 4.93. The number of pyridine rings is 1. The van der Waals surface area contributed by atoms with Gasteiger partial charge >= 0.3 is 6.18 Å². The molecule has 0 aliphatic rings. The number of nitrogens with two attached hydrogens (primary N) is 1. The highest BCUT2D eigenvalue weighted by Crippen LogP contribution is 2.31. The first kappa shape index (κ1) is 12.2. The van der Waals surface area contributed by atoms with E-state index in [2.05, 4.69) is 15.5 Å². The monoisotopic (exact) mass is 258 g/mol. The molecule has 5 nitrogen and oxygen atoms in total. The number of nitrogens with zero attached hydrogens (tertiary/aromatic N) is 2. The van der Waals surface area contributed by atoms with Crippen molar-refractivity contribution in [3.8, 4) is 0 Å². The summed E-state index contributed by atoms with van der Waals surface area (Å²) >= 11 is 0. The maximum Gasteiger partial charge on any atom is 0.433 e. The number of alkyl halides is 3. The van der Waals surface area contributed by atoms with Crippen LogP contribution in [0.5, 0.6) is 0 Å². The second-order valence-electron chi connectivity index (χ2n) is 3.49. The van der Waals surface area contributed by atoms with E-state index in [1.807, 2.05) is 0 Å². The fraction of sp³-hybridized carbons (Fsp3) is 0.200. The van der Waals surface area contributed by atoms with Gasteiger partial charge in [0.2, 0.25) is 0 Å². The van der Waals surface area contributed by atoms with Crippen molar-refractivity contribution < 1.29 is 17.7 Å². The van der Waals surface area contributed by atoms with Crippen LogP contribution < -0.4 is 11.1 Å². The summed E-state index contributed by atoms with van der Waals surface area (Å²) in [5.74, 6) is 0.486. The molecule has 0 radical (unpaired) electrons. The van der Waals surface area contributed by atoms with Crippen LogP contribution in [0.25, 0.3) is 0 Å². The Hall–Kier alpha value is -2.25. The minimum atomic E-state index is -4.50. The number of hydrogen-bond acceptors (Lipinski definition) is 5. The second kappa shape index (κ2) is 4.55. The third-order valence-electron chi connectivity index (χ3n) is 2.17. The van der Waals surface area contributed by atoms with E-state index in [4.69, 9.17) is 10.3 Å². The van der Waals surface area contributed by atoms with Gasteiger partial charge in [0.25, 0.3) is 0 Å². The van der Waals surface area contributed by atoms with Crippen molar-refractivity contribution in [3.05, 3.63) is 36.0 Å². The number of hydrogen-bond donors (Lipinski definition) is 2. The molecule has 8 heteroatoms. The molecule has 0 spiro atoms. The van der Waals surface area contributed by atoms with Crippen molar-refractivity contribution in [2.45, 2.75) is 12.7 Å². The van der Waals surface area contributed by atoms with Gasteiger partial charge < -0.3 is 15.6 Å². The minimum Gasteiger partial charge on any atom is -0.396 e. The highest BCUT2D eigenvalue weighted by molar-refractivity contribution is 5.65. The fourth-order valence-corrected chi connectivity index (χ4v) is 1.29. The number of nitrogen functional groups attached to an aromatic ring is 1. The highest BCUT2D eigenvalue weighted by atomic mass is 19.4. The van der Waals surface area contributed by atoms with E-state index in [0.717, 1.165) is 12.3 Å². The molecule has 2 aromatic heterocycles. The van der Waals surface area contributed by atoms with Crippen molar-refractivity contribution in [1.82, 2.24) is 10.1 Å². The van der Waals surface area contributed by atoms with E-state index in [-0.39, 0.29) is 17.9 Å². The van der Waals surface area contributed by atoms with Gasteiger partial charge in [-0.25, -0.2) is 4.98 Å². The SMILES string of the molecule is Nc1cnc(C(F)(F)F)cc1NCc1ccno1. The molecule has 18 heavy (non-hydrogen) atoms. The summed E-state index contributed by atoms with van der Waals surface area (Å²) in [6.45, 7) is 0.186. The lowest BCUT2D eigenvalue weighted by Gasteiger charge is -2.11. The summed E-state index contributed by atoms with van der Waals surface area (Å²) in [5, 5.41) is 6.20. The van der Waals surface area contributed by atoms with Gasteiger partial charge in [0.05, 0.1) is 30.3 Å². The van der Waals surface area contributed by atoms with Crippen LogP contribution in [0.1, 0.15) is 11.5 Å². The highest BCUT2D eigenvalue weighted by Gasteiger charge is 2.32. The summed E-state index contributed by atoms with van der Waals surface area (Å²) in [7, 11) is 0. The molecule has 0 fully saturated rings. The van der Waals surface area contributed by atoms with Gasteiger partial charge in [-0.15, -0.1) is 0 Å². The zero-order chi connectivity index (χ0) is 13.2. The lowest BCUT2D eigenvalue weighted by molar-refractivity contribution is -0.141. The number of aromatic nitrogens is 2. The Morgan fingerprint density at radius 1 is 1.39 bits per heavy atom. The van der Waals surface area contributed by atoms with E-state index in [0.29, 0.717) is 5.76 Å². The molecule has 0 unspecified atom stereocenters. The van der Waals surface area contributed by atoms with Gasteiger partial charge in [0, 0.05) is 6.07 Å². The second-order valence-corrected chi connectivity index (χ2v) is 3.49. The van der Waals surface area contributed by atoms with Gasteiger partial charge in [0.15, 0.2) is 5.76 Å². The molecule has 0 bridgehead atoms. The van der Waals surface area contributed by atoms with E-state index >= 15 is 0 Å². The summed E-state index contributed by atoms with van der Waals surface area (Å²) in [6, 6.07) is 2.45. The van der Waals surface area contributed by atoms with Gasteiger partial charge in [-0.05, 0) is 6.07 Å². The molecule has 0 amide bonds. The third-order valence-corrected chi connectivity index (χ3v) is 2.17. The number of halogens is 3. The molecule has 0 aliphatic heterocycles. The molecular weight excluding hydrogens is 249 g/mol. The third kappa shape index (κ3) is 2.70. The van der Waals surface area contributed by atoms with Crippen LogP contribution in [-0.2, 0) is 12.7 Å². The quantitative estimate of drug-likeness (QED) is 0.883. The van der Waals surface area contributed by atoms with Crippen molar-refractivity contribution in [2.75, 3.05) is 11.1 Å². The topological polar surface area (TPSA) is 77.0 Å². The summed E-state index contributed by atoms with van der Waals surface area (Å²) in [5.41, 5.74) is 4.80. The lowest BCUT2D eigenvalue weighted by atomic mass is 10.2. The maximum atomic E-state index is 12.5. The first-order chi connectivity index (χ1) is 8.47. The molecule has 2 rings (SSSR count). The van der Waals surface area contributed by atoms with Crippen LogP contribution in [0.3, 0.4) is 0 Å². The molecule has 0 atom stereocenters. The number of anilines is 2. The number of nitrogens with one attached hydrogen (secondary N) is 1. The van der Waals surface area contributed by atoms with Gasteiger partial charge in [-0.1, -0.05) is 5.16 Å². The van der Waals surface area contributed by atoms with E-state index in [1.54, 1.807) is 6.07 Å². The Morgan fingerprint density at radius 3 is 2.78 bits per heavy atom. The summed E-state index contributed by atoms with van der Waals surface area (Å²) < 4.78 is 42.2. The van der Waals surface area contributed by atoms with Crippen LogP contribution in [0.4, 0.5) is 24.5 Å². The number of rotatable bonds is 3. The van der Waals surface area contributed by atoms with Crippen molar-refractivity contribution >= 4 is 11.4 Å². The molecule has 0 aromatic carbocycles. The van der Waals surface area contributed by atoms with Crippen LogP contribution in [-0.4, -0.2) is 10.1 Å². The van der Waals surface area contributed by atoms with Crippen molar-refractivity contribution in [3.63, 3.8) is 0 Å². The Labute approximate surface area is 99.8 Å². The fourth-order valence-electron chi connectivity index (χ4n) is 1.29. The molecule has 2 heterocycles. The predicted molar refractivity (Wildman–Crippen MR) is 57.5 cm³/mol. The molecule has 0 saturated heterocycles. The summed E-state index contributed by atoms with van der Waals surface area (Å²) in [4.78, 5) is 3.23. The van der Waals surface area contributed by atoms with E-state index in [1.165, 1.54) is 6.20 Å². The Balaban J connectivity index is 2.16. The van der Waals surface area contributed by atoms with Crippen LogP contribution in [0.15, 0.2) is 29.0 Å². The maximum absolute atomic E-state index is 12.5. The van der Waals surface area contributed by atoms with Crippen LogP contribution >= 0.6 is 0 Å². The molecule has 96 valence electrons. The Bertz CT molecular complexity index is 524. The normalized spacial score (nSPS) is 11.5. The average molecular weight is 258 g/mol. The van der Waals surface area contributed by atoms with Gasteiger partial charge in [0.1, 0.15) is 5.69 Å². The molecule has 0 saturated carbocycles. The minimum absolute atomic E-state index is 0.127.